The van der Waals surface area contributed by atoms with E-state index in [4.69, 9.17) is 0 Å². The standard InChI is InChI=1S/C15H15FN2O2S/c1-10-8-11-9-12(6-7-14(11)17-10)21(19,20)18-15-5-3-2-4-13(15)16/h2-7,9-10,17-18H,8H2,1H3. The van der Waals surface area contributed by atoms with E-state index >= 15 is 0 Å². The third kappa shape index (κ3) is 2.71. The minimum absolute atomic E-state index is 0.0514. The zero-order valence-electron chi connectivity index (χ0n) is 11.4. The lowest BCUT2D eigenvalue weighted by molar-refractivity contribution is 0.598. The molecule has 6 heteroatoms. The third-order valence-electron chi connectivity index (χ3n) is 3.43. The van der Waals surface area contributed by atoms with Crippen LogP contribution in [0.25, 0.3) is 0 Å². The van der Waals surface area contributed by atoms with E-state index in [1.807, 2.05) is 6.92 Å². The molecule has 2 aromatic rings. The maximum absolute atomic E-state index is 13.6. The van der Waals surface area contributed by atoms with Gasteiger partial charge in [-0.25, -0.2) is 12.8 Å². The normalized spacial score (nSPS) is 17.1. The van der Waals surface area contributed by atoms with Crippen LogP contribution >= 0.6 is 0 Å². The molecule has 1 atom stereocenters. The maximum atomic E-state index is 13.6. The fraction of sp³-hybridized carbons (Fsp3) is 0.200. The van der Waals surface area contributed by atoms with Crippen molar-refractivity contribution in [2.75, 3.05) is 10.0 Å². The highest BCUT2D eigenvalue weighted by Crippen LogP contribution is 2.29. The van der Waals surface area contributed by atoms with Gasteiger partial charge >= 0.3 is 0 Å². The zero-order valence-corrected chi connectivity index (χ0v) is 12.2. The Kier molecular flexibility index (Phi) is 3.33. The van der Waals surface area contributed by atoms with Crippen molar-refractivity contribution in [1.82, 2.24) is 0 Å². The number of para-hydroxylation sites is 1. The molecule has 110 valence electrons. The van der Waals surface area contributed by atoms with Crippen molar-refractivity contribution in [1.29, 1.82) is 0 Å². The maximum Gasteiger partial charge on any atom is 0.261 e. The van der Waals surface area contributed by atoms with E-state index in [0.717, 1.165) is 17.7 Å². The van der Waals surface area contributed by atoms with Gasteiger partial charge in [-0.1, -0.05) is 12.1 Å². The summed E-state index contributed by atoms with van der Waals surface area (Å²) >= 11 is 0. The lowest BCUT2D eigenvalue weighted by atomic mass is 10.1. The second kappa shape index (κ2) is 5.04. The van der Waals surface area contributed by atoms with Crippen LogP contribution in [0, 0.1) is 5.82 Å². The van der Waals surface area contributed by atoms with E-state index in [2.05, 4.69) is 10.0 Å². The molecule has 2 aromatic carbocycles. The smallest absolute Gasteiger partial charge is 0.261 e. The van der Waals surface area contributed by atoms with E-state index in [1.165, 1.54) is 24.3 Å². The van der Waals surface area contributed by atoms with Gasteiger partial charge in [0.1, 0.15) is 5.82 Å². The number of benzene rings is 2. The monoisotopic (exact) mass is 306 g/mol. The minimum Gasteiger partial charge on any atom is -0.382 e. The van der Waals surface area contributed by atoms with Gasteiger partial charge in [0.2, 0.25) is 0 Å². The van der Waals surface area contributed by atoms with Gasteiger partial charge in [-0.2, -0.15) is 0 Å². The molecule has 0 spiro atoms. The Hall–Kier alpha value is -2.08. The molecule has 1 unspecified atom stereocenters. The highest BCUT2D eigenvalue weighted by atomic mass is 32.2. The van der Waals surface area contributed by atoms with Crippen LogP contribution < -0.4 is 10.0 Å². The largest absolute Gasteiger partial charge is 0.382 e. The molecule has 0 saturated carbocycles. The first-order chi connectivity index (χ1) is 9.95. The minimum atomic E-state index is -3.79. The number of hydrogen-bond acceptors (Lipinski definition) is 3. The molecule has 1 aliphatic heterocycles. The fourth-order valence-corrected chi connectivity index (χ4v) is 3.56. The molecule has 0 bridgehead atoms. The van der Waals surface area contributed by atoms with E-state index in [9.17, 15) is 12.8 Å². The predicted octanol–water partition coefficient (Wildman–Crippen LogP) is 2.98. The second-order valence-electron chi connectivity index (χ2n) is 5.15. The van der Waals surface area contributed by atoms with E-state index in [0.29, 0.717) is 0 Å². The SMILES string of the molecule is CC1Cc2cc(S(=O)(=O)Nc3ccccc3F)ccc2N1. The van der Waals surface area contributed by atoms with Crippen molar-refractivity contribution in [2.45, 2.75) is 24.3 Å². The van der Waals surface area contributed by atoms with Gasteiger partial charge in [-0.05, 0) is 49.2 Å². The fourth-order valence-electron chi connectivity index (χ4n) is 2.44. The quantitative estimate of drug-likeness (QED) is 0.916. The van der Waals surface area contributed by atoms with E-state index in [-0.39, 0.29) is 16.6 Å². The van der Waals surface area contributed by atoms with Crippen molar-refractivity contribution in [3.05, 3.63) is 53.8 Å². The predicted molar refractivity (Wildman–Crippen MR) is 80.4 cm³/mol. The van der Waals surface area contributed by atoms with Crippen LogP contribution in [0.1, 0.15) is 12.5 Å². The lowest BCUT2D eigenvalue weighted by Gasteiger charge is -2.10. The molecular formula is C15H15FN2O2S. The Bertz CT molecular complexity index is 790. The topological polar surface area (TPSA) is 58.2 Å². The van der Waals surface area contributed by atoms with Crippen molar-refractivity contribution in [3.63, 3.8) is 0 Å². The summed E-state index contributed by atoms with van der Waals surface area (Å²) in [5.41, 5.74) is 1.86. The molecule has 2 N–H and O–H groups in total. The molecular weight excluding hydrogens is 291 g/mol. The Morgan fingerprint density at radius 3 is 2.76 bits per heavy atom. The van der Waals surface area contributed by atoms with Crippen molar-refractivity contribution in [2.24, 2.45) is 0 Å². The zero-order chi connectivity index (χ0) is 15.0. The number of anilines is 2. The molecule has 0 saturated heterocycles. The first-order valence-corrected chi connectivity index (χ1v) is 8.11. The number of halogens is 1. The lowest BCUT2D eigenvalue weighted by Crippen LogP contribution is -2.14. The Labute approximate surface area is 123 Å². The molecule has 0 aromatic heterocycles. The van der Waals surface area contributed by atoms with Crippen LogP contribution in [0.3, 0.4) is 0 Å². The summed E-state index contributed by atoms with van der Waals surface area (Å²) in [4.78, 5) is 0.139. The molecule has 1 aliphatic rings. The first-order valence-electron chi connectivity index (χ1n) is 6.62. The molecule has 0 radical (unpaired) electrons. The molecule has 3 rings (SSSR count). The Balaban J connectivity index is 1.93. The average Bonchev–Trinajstić information content (AvgIpc) is 2.80. The number of sulfonamides is 1. The Morgan fingerprint density at radius 2 is 2.00 bits per heavy atom. The highest BCUT2D eigenvalue weighted by Gasteiger charge is 2.21. The van der Waals surface area contributed by atoms with Crippen LogP contribution in [0.4, 0.5) is 15.8 Å². The molecule has 0 aliphatic carbocycles. The summed E-state index contributed by atoms with van der Waals surface area (Å²) in [7, 11) is -3.79. The first kappa shape index (κ1) is 13.9. The van der Waals surface area contributed by atoms with Gasteiger partial charge in [0.15, 0.2) is 0 Å². The van der Waals surface area contributed by atoms with E-state index < -0.39 is 15.8 Å². The summed E-state index contributed by atoms with van der Waals surface area (Å²) in [5.74, 6) is -0.600. The number of hydrogen-bond donors (Lipinski definition) is 2. The van der Waals surface area contributed by atoms with Crippen LogP contribution in [0.5, 0.6) is 0 Å². The number of rotatable bonds is 3. The summed E-state index contributed by atoms with van der Waals surface area (Å²) in [5, 5.41) is 3.26. The van der Waals surface area contributed by atoms with Gasteiger partial charge in [-0.3, -0.25) is 4.72 Å². The molecule has 0 fully saturated rings. The van der Waals surface area contributed by atoms with Crippen molar-refractivity contribution >= 4 is 21.4 Å². The highest BCUT2D eigenvalue weighted by molar-refractivity contribution is 7.92. The van der Waals surface area contributed by atoms with Gasteiger partial charge in [0.05, 0.1) is 10.6 Å². The third-order valence-corrected chi connectivity index (χ3v) is 4.80. The summed E-state index contributed by atoms with van der Waals surface area (Å²) < 4.78 is 40.5. The van der Waals surface area contributed by atoms with Crippen LogP contribution in [-0.2, 0) is 16.4 Å². The van der Waals surface area contributed by atoms with E-state index in [1.54, 1.807) is 18.2 Å². The molecule has 21 heavy (non-hydrogen) atoms. The van der Waals surface area contributed by atoms with Crippen molar-refractivity contribution < 1.29 is 12.8 Å². The number of nitrogens with one attached hydrogen (secondary N) is 2. The van der Waals surface area contributed by atoms with Crippen LogP contribution in [-0.4, -0.2) is 14.5 Å². The average molecular weight is 306 g/mol. The molecule has 0 amide bonds. The molecule has 4 nitrogen and oxygen atoms in total. The number of fused-ring (bicyclic) bond motifs is 1. The van der Waals surface area contributed by atoms with Gasteiger partial charge in [-0.15, -0.1) is 0 Å². The summed E-state index contributed by atoms with van der Waals surface area (Å²) in [6.07, 6.45) is 0.776. The van der Waals surface area contributed by atoms with Gasteiger partial charge in [0.25, 0.3) is 10.0 Å². The van der Waals surface area contributed by atoms with Crippen LogP contribution in [0.15, 0.2) is 47.4 Å². The van der Waals surface area contributed by atoms with Gasteiger partial charge in [0, 0.05) is 11.7 Å². The summed E-state index contributed by atoms with van der Waals surface area (Å²) in [6.45, 7) is 2.03. The second-order valence-corrected chi connectivity index (χ2v) is 6.84. The molecule has 1 heterocycles. The van der Waals surface area contributed by atoms with Crippen LogP contribution in [0.2, 0.25) is 0 Å². The Morgan fingerprint density at radius 1 is 1.24 bits per heavy atom. The van der Waals surface area contributed by atoms with Gasteiger partial charge < -0.3 is 5.32 Å². The van der Waals surface area contributed by atoms with Crippen molar-refractivity contribution in [3.8, 4) is 0 Å². The summed E-state index contributed by atoms with van der Waals surface area (Å²) in [6, 6.07) is 10.9.